The number of hydrogen-bond acceptors (Lipinski definition) is 11. The Balaban J connectivity index is 1.20. The van der Waals surface area contributed by atoms with Crippen molar-refractivity contribution in [3.8, 4) is 5.75 Å². The maximum Gasteiger partial charge on any atom is 0.737 e. The average Bonchev–Trinajstić information content (AvgIpc) is 3.82. The minimum absolute atomic E-state index is 0.0334. The summed E-state index contributed by atoms with van der Waals surface area (Å²) < 4.78 is 47.1. The van der Waals surface area contributed by atoms with Crippen LogP contribution in [0.2, 0.25) is 0 Å². The van der Waals surface area contributed by atoms with Crippen molar-refractivity contribution < 1.29 is 61.0 Å². The van der Waals surface area contributed by atoms with E-state index in [0.717, 1.165) is 39.5 Å². The lowest BCUT2D eigenvalue weighted by Crippen LogP contribution is -2.51. The highest BCUT2D eigenvalue weighted by Gasteiger charge is 2.54. The number of ether oxygens (including phenoxy) is 1. The van der Waals surface area contributed by atoms with Crippen molar-refractivity contribution in [1.82, 2.24) is 20.2 Å². The van der Waals surface area contributed by atoms with Gasteiger partial charge in [0, 0.05) is 85.4 Å². The number of quaternary nitrogens is 1. The molecule has 316 valence electrons. The second kappa shape index (κ2) is 20.0. The Morgan fingerprint density at radius 3 is 2.41 bits per heavy atom. The number of carbonyl (C=O) groups is 4. The first kappa shape index (κ1) is 44.7. The van der Waals surface area contributed by atoms with Gasteiger partial charge in [-0.25, -0.2) is 10.1 Å². The van der Waals surface area contributed by atoms with E-state index < -0.39 is 30.8 Å². The number of benzene rings is 1. The van der Waals surface area contributed by atoms with Crippen molar-refractivity contribution in [2.24, 2.45) is 0 Å². The quantitative estimate of drug-likeness (QED) is 0.0274. The van der Waals surface area contributed by atoms with Gasteiger partial charge in [0.15, 0.2) is 11.4 Å². The van der Waals surface area contributed by atoms with Crippen LogP contribution in [0.3, 0.4) is 0 Å². The van der Waals surface area contributed by atoms with Gasteiger partial charge in [-0.05, 0) is 80.7 Å². The molecule has 15 nitrogen and oxygen atoms in total. The molecule has 0 spiro atoms. The predicted octanol–water partition coefficient (Wildman–Crippen LogP) is 4.55. The second-order valence-electron chi connectivity index (χ2n) is 15.7. The summed E-state index contributed by atoms with van der Waals surface area (Å²) in [6.07, 6.45) is 7.16. The number of carbonyl (C=O) groups excluding carboxylic acids is 4. The van der Waals surface area contributed by atoms with Crippen LogP contribution in [-0.4, -0.2) is 120 Å². The monoisotopic (exact) mass is 831 g/mol. The molecule has 19 heteroatoms. The molecule has 1 aromatic heterocycles. The maximum atomic E-state index is 17.1. The Hall–Kier alpha value is -4.40. The molecule has 3 amide bonds. The van der Waals surface area contributed by atoms with Gasteiger partial charge in [-0.3, -0.25) is 14.4 Å². The van der Waals surface area contributed by atoms with Crippen LogP contribution in [0.1, 0.15) is 80.3 Å². The fraction of sp³-hybridized carbons (Fsp3) is 0.513. The number of imide groups is 1. The smallest absolute Gasteiger partial charge is 0.497 e. The normalized spacial score (nSPS) is 16.6. The minimum atomic E-state index is -4.36. The molecule has 3 aliphatic heterocycles. The van der Waals surface area contributed by atoms with Crippen LogP contribution >= 0.6 is 12.0 Å². The summed E-state index contributed by atoms with van der Waals surface area (Å²) in [5, 5.41) is 19.0. The SMILES string of the molecule is COc1ccc(C2=[N+]3C(=Cc4c(C)cc(CCC(=O)NC(CNCCCCCC(=O)ON5C(=O)CCC5=O)CSOOO)n4[B-]3(F)F)C(CCC[N+](C)(C)C)=C2)cc1. The van der Waals surface area contributed by atoms with E-state index in [0.29, 0.717) is 83.5 Å². The third-order valence-corrected chi connectivity index (χ3v) is 10.9. The summed E-state index contributed by atoms with van der Waals surface area (Å²) in [5.41, 5.74) is 3.88. The Bertz CT molecular complexity index is 1910. The zero-order chi connectivity index (χ0) is 42.0. The van der Waals surface area contributed by atoms with Crippen molar-refractivity contribution >= 4 is 54.5 Å². The molecule has 1 unspecified atom stereocenters. The Labute approximate surface area is 341 Å². The molecule has 4 heterocycles. The number of methoxy groups -OCH3 is 1. The summed E-state index contributed by atoms with van der Waals surface area (Å²) in [6.45, 7) is -0.784. The first-order chi connectivity index (χ1) is 27.6. The number of aryl methyl sites for hydroxylation is 2. The van der Waals surface area contributed by atoms with Gasteiger partial charge in [0.25, 0.3) is 11.8 Å². The summed E-state index contributed by atoms with van der Waals surface area (Å²) in [5.74, 6) is -1.22. The lowest BCUT2D eigenvalue weighted by Gasteiger charge is -2.32. The number of fused-ring (bicyclic) bond motifs is 2. The van der Waals surface area contributed by atoms with Gasteiger partial charge < -0.3 is 42.3 Å². The average molecular weight is 832 g/mol. The molecule has 0 aliphatic carbocycles. The standard InChI is InChI=1S/C39H53BF2N6O9S/c1-27-22-31(14-17-36(49)44-30(26-58-57-56-53)25-43-20-8-6-7-11-39(52)55-47-37(50)18-19-38(47)51)45-33(27)24-35-29(10-9-21-48(2,3)4)23-34(46(35)40(45,41)42)28-12-15-32(54-5)16-13-28/h12-13,15-16,22-24,30,43H,6-11,14,17-21,25-26H2,1-5H3,(H-,44,49,53)/p+1. The minimum Gasteiger partial charge on any atom is -0.497 e. The number of hydroxylamine groups is 2. The van der Waals surface area contributed by atoms with Crippen molar-refractivity contribution in [1.29, 1.82) is 0 Å². The first-order valence-electron chi connectivity index (χ1n) is 19.6. The van der Waals surface area contributed by atoms with Crippen molar-refractivity contribution in [2.75, 3.05) is 53.6 Å². The third kappa shape index (κ3) is 11.4. The number of hydrogen-bond donors (Lipinski definition) is 3. The zero-order valence-electron chi connectivity index (χ0n) is 33.8. The molecular formula is C39H54BF2N6O9S+. The van der Waals surface area contributed by atoms with E-state index in [9.17, 15) is 19.2 Å². The highest BCUT2D eigenvalue weighted by molar-refractivity contribution is 7.94. The number of nitrogens with one attached hydrogen (secondary N) is 2. The van der Waals surface area contributed by atoms with Crippen LogP contribution in [0.25, 0.3) is 6.08 Å². The summed E-state index contributed by atoms with van der Waals surface area (Å²) in [7, 11) is 7.89. The molecule has 1 saturated heterocycles. The lowest BCUT2D eigenvalue weighted by molar-refractivity contribution is -0.870. The van der Waals surface area contributed by atoms with E-state index in [2.05, 4.69) is 41.1 Å². The van der Waals surface area contributed by atoms with Crippen LogP contribution < -0.4 is 15.4 Å². The molecule has 1 aromatic carbocycles. The van der Waals surface area contributed by atoms with Crippen molar-refractivity contribution in [3.05, 3.63) is 70.2 Å². The molecule has 0 radical (unpaired) electrons. The van der Waals surface area contributed by atoms with Crippen LogP contribution in [0.4, 0.5) is 8.63 Å². The molecule has 3 aliphatic rings. The predicted molar refractivity (Wildman–Crippen MR) is 214 cm³/mol. The van der Waals surface area contributed by atoms with Gasteiger partial charge in [-0.2, -0.15) is 0 Å². The number of aromatic nitrogens is 1. The van der Waals surface area contributed by atoms with E-state index in [4.69, 9.17) is 14.8 Å². The molecule has 1 atom stereocenters. The molecule has 0 saturated carbocycles. The Kier molecular flexibility index (Phi) is 15.4. The number of rotatable bonds is 23. The van der Waals surface area contributed by atoms with Crippen molar-refractivity contribution in [3.63, 3.8) is 0 Å². The van der Waals surface area contributed by atoms with Gasteiger partial charge in [0.1, 0.15) is 5.75 Å². The number of unbranched alkanes of at least 4 members (excludes halogenated alkanes) is 2. The summed E-state index contributed by atoms with van der Waals surface area (Å²) in [4.78, 5) is 53.5. The highest BCUT2D eigenvalue weighted by atomic mass is 32.2. The first-order valence-corrected chi connectivity index (χ1v) is 20.5. The lowest BCUT2D eigenvalue weighted by atomic mass is 9.88. The van der Waals surface area contributed by atoms with Gasteiger partial charge in [-0.15, -0.1) is 9.40 Å². The molecular weight excluding hydrogens is 777 g/mol. The van der Waals surface area contributed by atoms with Crippen LogP contribution in [0.5, 0.6) is 5.75 Å². The third-order valence-electron chi connectivity index (χ3n) is 10.2. The van der Waals surface area contributed by atoms with Crippen LogP contribution in [0.15, 0.2) is 47.7 Å². The number of amides is 3. The van der Waals surface area contributed by atoms with Gasteiger partial charge in [0.2, 0.25) is 5.91 Å². The Morgan fingerprint density at radius 1 is 1.02 bits per heavy atom. The topological polar surface area (TPSA) is 161 Å². The van der Waals surface area contributed by atoms with Gasteiger partial charge in [-0.1, -0.05) is 11.5 Å². The Morgan fingerprint density at radius 2 is 1.74 bits per heavy atom. The largest absolute Gasteiger partial charge is 0.737 e. The highest BCUT2D eigenvalue weighted by Crippen LogP contribution is 2.39. The molecule has 2 aromatic rings. The zero-order valence-corrected chi connectivity index (χ0v) is 34.6. The van der Waals surface area contributed by atoms with Crippen molar-refractivity contribution in [2.45, 2.75) is 77.2 Å². The second-order valence-corrected chi connectivity index (χ2v) is 16.4. The molecule has 0 bridgehead atoms. The van der Waals surface area contributed by atoms with E-state index in [1.807, 2.05) is 19.1 Å². The summed E-state index contributed by atoms with van der Waals surface area (Å²) >= 11 is 0.785. The molecule has 1 fully saturated rings. The van der Waals surface area contributed by atoms with E-state index in [1.165, 1.54) is 4.49 Å². The number of nitrogens with zero attached hydrogens (tertiary/aromatic N) is 4. The van der Waals surface area contributed by atoms with E-state index in [-0.39, 0.29) is 43.8 Å². The van der Waals surface area contributed by atoms with Gasteiger partial charge in [0.05, 0.1) is 40.8 Å². The van der Waals surface area contributed by atoms with Crippen LogP contribution in [-0.2, 0) is 39.8 Å². The van der Waals surface area contributed by atoms with E-state index in [1.54, 1.807) is 37.4 Å². The molecule has 58 heavy (non-hydrogen) atoms. The van der Waals surface area contributed by atoms with Gasteiger partial charge >= 0.3 is 12.9 Å². The van der Waals surface area contributed by atoms with E-state index >= 15 is 8.63 Å². The maximum absolute atomic E-state index is 17.1. The summed E-state index contributed by atoms with van der Waals surface area (Å²) in [6, 6.07) is 8.37. The fourth-order valence-electron chi connectivity index (χ4n) is 7.35. The molecule has 3 N–H and O–H groups in total. The number of halogens is 2. The van der Waals surface area contributed by atoms with Crippen LogP contribution in [0, 0.1) is 6.92 Å². The fourth-order valence-corrected chi connectivity index (χ4v) is 7.81. The number of allylic oxidation sites excluding steroid dienone is 2. The molecule has 5 rings (SSSR count).